The third kappa shape index (κ3) is 4.69. The van der Waals surface area contributed by atoms with Crippen molar-refractivity contribution in [3.63, 3.8) is 0 Å². The maximum Gasteiger partial charge on any atom is 0.292 e. The van der Waals surface area contributed by atoms with Crippen LogP contribution in [0.2, 0.25) is 0 Å². The van der Waals surface area contributed by atoms with E-state index in [0.29, 0.717) is 42.4 Å². The average molecular weight is 449 g/mol. The SMILES string of the molecule is O=C(c1cc(-c2ccc(F)cc2)no1)N1CCC[C@@H](c2ncc(Cc3ccc(F)cc3)o2)C1. The lowest BCUT2D eigenvalue weighted by Crippen LogP contribution is -2.39. The monoisotopic (exact) mass is 449 g/mol. The lowest BCUT2D eigenvalue weighted by Gasteiger charge is -2.30. The molecule has 168 valence electrons. The van der Waals surface area contributed by atoms with E-state index in [1.54, 1.807) is 41.4 Å². The highest BCUT2D eigenvalue weighted by Crippen LogP contribution is 2.29. The molecule has 0 spiro atoms. The van der Waals surface area contributed by atoms with E-state index in [-0.39, 0.29) is 29.2 Å². The first-order valence-corrected chi connectivity index (χ1v) is 10.8. The molecular formula is C25H21F2N3O3. The Labute approximate surface area is 188 Å². The van der Waals surface area contributed by atoms with E-state index >= 15 is 0 Å². The highest BCUT2D eigenvalue weighted by Gasteiger charge is 2.30. The normalized spacial score (nSPS) is 16.2. The second-order valence-corrected chi connectivity index (χ2v) is 8.14. The number of benzene rings is 2. The molecular weight excluding hydrogens is 428 g/mol. The Morgan fingerprint density at radius 3 is 2.55 bits per heavy atom. The standard InChI is InChI=1S/C25H21F2N3O3/c26-19-7-3-16(4-8-19)12-21-14-28-24(32-21)18-2-1-11-30(15-18)25(31)23-13-22(29-33-23)17-5-9-20(27)10-6-17/h3-10,13-14,18H,1-2,11-12,15H2/t18-/m1/s1. The number of hydrogen-bond acceptors (Lipinski definition) is 5. The summed E-state index contributed by atoms with van der Waals surface area (Å²) in [5.41, 5.74) is 2.08. The van der Waals surface area contributed by atoms with Gasteiger partial charge in [-0.2, -0.15) is 0 Å². The summed E-state index contributed by atoms with van der Waals surface area (Å²) in [7, 11) is 0. The van der Waals surface area contributed by atoms with Crippen LogP contribution in [0.3, 0.4) is 0 Å². The molecule has 8 heteroatoms. The molecule has 1 atom stereocenters. The smallest absolute Gasteiger partial charge is 0.292 e. The number of oxazole rings is 1. The Morgan fingerprint density at radius 2 is 1.79 bits per heavy atom. The molecule has 0 bridgehead atoms. The van der Waals surface area contributed by atoms with Crippen LogP contribution in [0, 0.1) is 11.6 Å². The Morgan fingerprint density at radius 1 is 1.06 bits per heavy atom. The largest absolute Gasteiger partial charge is 0.445 e. The van der Waals surface area contributed by atoms with E-state index in [1.165, 1.54) is 24.3 Å². The van der Waals surface area contributed by atoms with Crippen LogP contribution in [-0.4, -0.2) is 34.0 Å². The first-order valence-electron chi connectivity index (χ1n) is 10.8. The number of likely N-dealkylation sites (tertiary alicyclic amines) is 1. The summed E-state index contributed by atoms with van der Waals surface area (Å²) >= 11 is 0. The van der Waals surface area contributed by atoms with Crippen LogP contribution in [0.5, 0.6) is 0 Å². The number of carbonyl (C=O) groups is 1. The van der Waals surface area contributed by atoms with Crippen LogP contribution < -0.4 is 0 Å². The van der Waals surface area contributed by atoms with E-state index in [4.69, 9.17) is 8.94 Å². The summed E-state index contributed by atoms with van der Waals surface area (Å²) in [6, 6.07) is 13.7. The third-order valence-corrected chi connectivity index (χ3v) is 5.78. The van der Waals surface area contributed by atoms with Crippen LogP contribution in [0.1, 0.15) is 46.5 Å². The zero-order valence-electron chi connectivity index (χ0n) is 17.7. The van der Waals surface area contributed by atoms with Gasteiger partial charge in [-0.15, -0.1) is 0 Å². The molecule has 0 N–H and O–H groups in total. The summed E-state index contributed by atoms with van der Waals surface area (Å²) in [5, 5.41) is 3.96. The minimum atomic E-state index is -0.342. The number of nitrogens with zero attached hydrogens (tertiary/aromatic N) is 3. The van der Waals surface area contributed by atoms with Crippen molar-refractivity contribution < 1.29 is 22.5 Å². The Kier molecular flexibility index (Phi) is 5.73. The minimum Gasteiger partial charge on any atom is -0.445 e. The number of amides is 1. The van der Waals surface area contributed by atoms with Crippen LogP contribution >= 0.6 is 0 Å². The van der Waals surface area contributed by atoms with E-state index in [1.807, 2.05) is 0 Å². The van der Waals surface area contributed by atoms with Gasteiger partial charge in [0, 0.05) is 31.1 Å². The second-order valence-electron chi connectivity index (χ2n) is 8.14. The van der Waals surface area contributed by atoms with Crippen molar-refractivity contribution in [2.75, 3.05) is 13.1 Å². The first kappa shape index (κ1) is 21.1. The van der Waals surface area contributed by atoms with Gasteiger partial charge >= 0.3 is 0 Å². The van der Waals surface area contributed by atoms with Gasteiger partial charge in [-0.25, -0.2) is 13.8 Å². The molecule has 0 aliphatic carbocycles. The van der Waals surface area contributed by atoms with Gasteiger partial charge in [-0.3, -0.25) is 4.79 Å². The molecule has 2 aromatic heterocycles. The van der Waals surface area contributed by atoms with E-state index in [9.17, 15) is 13.6 Å². The zero-order chi connectivity index (χ0) is 22.8. The van der Waals surface area contributed by atoms with Crippen molar-refractivity contribution in [1.29, 1.82) is 0 Å². The number of halogens is 2. The predicted octanol–water partition coefficient (Wildman–Crippen LogP) is 5.22. The molecule has 0 radical (unpaired) electrons. The Bertz CT molecular complexity index is 1250. The summed E-state index contributed by atoms with van der Waals surface area (Å²) in [5.74, 6) is 0.529. The summed E-state index contributed by atoms with van der Waals surface area (Å²) in [4.78, 5) is 19.1. The first-order chi connectivity index (χ1) is 16.0. The van der Waals surface area contributed by atoms with Crippen LogP contribution in [0.25, 0.3) is 11.3 Å². The molecule has 1 aliphatic rings. The van der Waals surface area contributed by atoms with Gasteiger partial charge in [0.25, 0.3) is 5.91 Å². The molecule has 33 heavy (non-hydrogen) atoms. The van der Waals surface area contributed by atoms with Gasteiger partial charge < -0.3 is 13.8 Å². The van der Waals surface area contributed by atoms with Gasteiger partial charge in [-0.05, 0) is 54.8 Å². The fourth-order valence-corrected chi connectivity index (χ4v) is 4.05. The molecule has 1 saturated heterocycles. The summed E-state index contributed by atoms with van der Waals surface area (Å²) in [6.45, 7) is 1.06. The predicted molar refractivity (Wildman–Crippen MR) is 115 cm³/mol. The molecule has 2 aromatic carbocycles. The minimum absolute atomic E-state index is 0.0239. The number of hydrogen-bond donors (Lipinski definition) is 0. The molecule has 6 nitrogen and oxygen atoms in total. The van der Waals surface area contributed by atoms with Gasteiger partial charge in [0.1, 0.15) is 23.1 Å². The quantitative estimate of drug-likeness (QED) is 0.418. The second kappa shape index (κ2) is 8.97. The lowest BCUT2D eigenvalue weighted by atomic mass is 9.98. The molecule has 0 saturated carbocycles. The van der Waals surface area contributed by atoms with Crippen molar-refractivity contribution in [1.82, 2.24) is 15.0 Å². The number of piperidine rings is 1. The summed E-state index contributed by atoms with van der Waals surface area (Å²) in [6.07, 6.45) is 3.88. The van der Waals surface area contributed by atoms with Crippen LogP contribution in [0.4, 0.5) is 8.78 Å². The molecule has 1 aliphatic heterocycles. The number of rotatable bonds is 5. The average Bonchev–Trinajstić information content (AvgIpc) is 3.51. The van der Waals surface area contributed by atoms with Crippen LogP contribution in [-0.2, 0) is 6.42 Å². The van der Waals surface area contributed by atoms with Gasteiger partial charge in [0.15, 0.2) is 5.89 Å². The van der Waals surface area contributed by atoms with Crippen LogP contribution in [0.15, 0.2) is 69.7 Å². The maximum atomic E-state index is 13.1. The van der Waals surface area contributed by atoms with Crippen molar-refractivity contribution in [2.45, 2.75) is 25.2 Å². The molecule has 3 heterocycles. The molecule has 1 fully saturated rings. The van der Waals surface area contributed by atoms with Crippen molar-refractivity contribution >= 4 is 5.91 Å². The zero-order valence-corrected chi connectivity index (χ0v) is 17.7. The summed E-state index contributed by atoms with van der Waals surface area (Å²) < 4.78 is 37.5. The fourth-order valence-electron chi connectivity index (χ4n) is 4.05. The van der Waals surface area contributed by atoms with Crippen molar-refractivity contribution in [3.05, 3.63) is 95.4 Å². The topological polar surface area (TPSA) is 72.4 Å². The Balaban J connectivity index is 1.25. The highest BCUT2D eigenvalue weighted by molar-refractivity contribution is 5.92. The van der Waals surface area contributed by atoms with Crippen molar-refractivity contribution in [3.8, 4) is 11.3 Å². The van der Waals surface area contributed by atoms with Crippen molar-refractivity contribution in [2.24, 2.45) is 0 Å². The molecule has 1 amide bonds. The maximum absolute atomic E-state index is 13.1. The Hall–Kier alpha value is -3.81. The van der Waals surface area contributed by atoms with E-state index in [0.717, 1.165) is 18.4 Å². The third-order valence-electron chi connectivity index (χ3n) is 5.78. The molecule has 0 unspecified atom stereocenters. The van der Waals surface area contributed by atoms with Gasteiger partial charge in [-0.1, -0.05) is 17.3 Å². The number of carbonyl (C=O) groups excluding carboxylic acids is 1. The van der Waals surface area contributed by atoms with E-state index < -0.39 is 0 Å². The highest BCUT2D eigenvalue weighted by atomic mass is 19.1. The number of aromatic nitrogens is 2. The molecule has 5 rings (SSSR count). The van der Waals surface area contributed by atoms with E-state index in [2.05, 4.69) is 10.1 Å². The lowest BCUT2D eigenvalue weighted by molar-refractivity contribution is 0.0656. The van der Waals surface area contributed by atoms with Gasteiger partial charge in [0.2, 0.25) is 5.76 Å². The molecule has 4 aromatic rings. The fraction of sp³-hybridized carbons (Fsp3) is 0.240. The van der Waals surface area contributed by atoms with Gasteiger partial charge in [0.05, 0.1) is 12.1 Å².